The molecule has 8 heteroatoms. The molecule has 1 fully saturated rings. The molecular formula is C14H19N3O3S2. The van der Waals surface area contributed by atoms with Crippen molar-refractivity contribution in [1.29, 1.82) is 0 Å². The van der Waals surface area contributed by atoms with E-state index in [9.17, 15) is 8.42 Å². The summed E-state index contributed by atoms with van der Waals surface area (Å²) in [4.78, 5) is 0. The highest BCUT2D eigenvalue weighted by Crippen LogP contribution is 2.31. The number of rotatable bonds is 4. The number of sulfonamides is 1. The fourth-order valence-corrected chi connectivity index (χ4v) is 5.21. The fourth-order valence-electron chi connectivity index (χ4n) is 2.43. The van der Waals surface area contributed by atoms with Crippen LogP contribution in [0.5, 0.6) is 0 Å². The minimum atomic E-state index is -3.41. The number of nitrogens with zero attached hydrogens (tertiary/aromatic N) is 3. The molecule has 2 aromatic heterocycles. The summed E-state index contributed by atoms with van der Waals surface area (Å²) in [6.07, 6.45) is 2.50. The van der Waals surface area contributed by atoms with Gasteiger partial charge in [-0.25, -0.2) is 8.42 Å². The highest BCUT2D eigenvalue weighted by molar-refractivity contribution is 7.91. The Bertz CT molecular complexity index is 743. The van der Waals surface area contributed by atoms with Crippen molar-refractivity contribution < 1.29 is 12.8 Å². The highest BCUT2D eigenvalue weighted by atomic mass is 32.2. The van der Waals surface area contributed by atoms with E-state index in [1.54, 1.807) is 15.8 Å². The Kier molecular flexibility index (Phi) is 4.33. The van der Waals surface area contributed by atoms with Gasteiger partial charge in [-0.2, -0.15) is 4.31 Å². The number of hydrogen-bond donors (Lipinski definition) is 0. The molecule has 22 heavy (non-hydrogen) atoms. The Balaban J connectivity index is 1.83. The summed E-state index contributed by atoms with van der Waals surface area (Å²) < 4.78 is 32.7. The first kappa shape index (κ1) is 15.6. The van der Waals surface area contributed by atoms with Gasteiger partial charge in [0.1, 0.15) is 4.21 Å². The van der Waals surface area contributed by atoms with Crippen molar-refractivity contribution in [2.45, 2.75) is 37.3 Å². The van der Waals surface area contributed by atoms with Crippen LogP contribution < -0.4 is 0 Å². The molecule has 0 saturated carbocycles. The third-order valence-corrected chi connectivity index (χ3v) is 7.24. The molecule has 0 bridgehead atoms. The van der Waals surface area contributed by atoms with Gasteiger partial charge in [0.05, 0.1) is 5.56 Å². The average Bonchev–Trinajstić information content (AvgIpc) is 3.16. The Morgan fingerprint density at radius 3 is 2.73 bits per heavy atom. The maximum Gasteiger partial charge on any atom is 0.252 e. The minimum Gasteiger partial charge on any atom is -0.421 e. The van der Waals surface area contributed by atoms with Crippen molar-refractivity contribution in [2.24, 2.45) is 5.92 Å². The molecule has 0 aliphatic carbocycles. The summed E-state index contributed by atoms with van der Waals surface area (Å²) in [7, 11) is -3.41. The van der Waals surface area contributed by atoms with E-state index in [4.69, 9.17) is 4.42 Å². The second-order valence-corrected chi connectivity index (χ2v) is 8.67. The second kappa shape index (κ2) is 6.10. The predicted molar refractivity (Wildman–Crippen MR) is 84.1 cm³/mol. The van der Waals surface area contributed by atoms with Gasteiger partial charge in [0.2, 0.25) is 11.8 Å². The van der Waals surface area contributed by atoms with Gasteiger partial charge in [-0.1, -0.05) is 13.8 Å². The van der Waals surface area contributed by atoms with Crippen molar-refractivity contribution in [3.05, 3.63) is 17.3 Å². The highest BCUT2D eigenvalue weighted by Gasteiger charge is 2.29. The average molecular weight is 341 g/mol. The van der Waals surface area contributed by atoms with E-state index >= 15 is 0 Å². The fraction of sp³-hybridized carbons (Fsp3) is 0.571. The Morgan fingerprint density at radius 1 is 1.36 bits per heavy atom. The molecule has 2 aromatic rings. The summed E-state index contributed by atoms with van der Waals surface area (Å²) in [6.45, 7) is 5.28. The molecule has 3 heterocycles. The maximum atomic E-state index is 12.7. The zero-order valence-corrected chi connectivity index (χ0v) is 14.3. The van der Waals surface area contributed by atoms with Gasteiger partial charge in [0.25, 0.3) is 10.0 Å². The standard InChI is InChI=1S/C14H19N3O3S2/c1-3-12-15-16-14(20-12)11-8-13(21-9-11)22(18,19)17-6-4-10(2)5-7-17/h8-10H,3-7H2,1-2H3. The van der Waals surface area contributed by atoms with Crippen molar-refractivity contribution in [3.8, 4) is 11.5 Å². The van der Waals surface area contributed by atoms with Crippen LogP contribution in [-0.2, 0) is 16.4 Å². The zero-order chi connectivity index (χ0) is 15.7. The van der Waals surface area contributed by atoms with Crippen LogP contribution in [0.25, 0.3) is 11.5 Å². The van der Waals surface area contributed by atoms with Crippen LogP contribution in [-0.4, -0.2) is 36.0 Å². The summed E-state index contributed by atoms with van der Waals surface area (Å²) in [6, 6.07) is 1.63. The van der Waals surface area contributed by atoms with Gasteiger partial charge in [0, 0.05) is 24.9 Å². The van der Waals surface area contributed by atoms with Crippen LogP contribution in [0.1, 0.15) is 32.6 Å². The molecule has 0 radical (unpaired) electrons. The predicted octanol–water partition coefficient (Wildman–Crippen LogP) is 2.78. The van der Waals surface area contributed by atoms with Gasteiger partial charge < -0.3 is 4.42 Å². The van der Waals surface area contributed by atoms with Crippen molar-refractivity contribution in [1.82, 2.24) is 14.5 Å². The first-order valence-electron chi connectivity index (χ1n) is 7.42. The van der Waals surface area contributed by atoms with E-state index in [0.29, 0.717) is 47.0 Å². The third kappa shape index (κ3) is 2.95. The summed E-state index contributed by atoms with van der Waals surface area (Å²) in [5.74, 6) is 1.52. The molecule has 0 unspecified atom stereocenters. The van der Waals surface area contributed by atoms with Gasteiger partial charge in [-0.3, -0.25) is 0 Å². The molecule has 1 aliphatic heterocycles. The first-order valence-corrected chi connectivity index (χ1v) is 9.74. The third-order valence-electron chi connectivity index (χ3n) is 3.93. The molecule has 0 spiro atoms. The maximum absolute atomic E-state index is 12.7. The number of aryl methyl sites for hydroxylation is 1. The summed E-state index contributed by atoms with van der Waals surface area (Å²) in [5.41, 5.74) is 0.668. The molecule has 0 N–H and O–H groups in total. The van der Waals surface area contributed by atoms with E-state index in [-0.39, 0.29) is 0 Å². The van der Waals surface area contributed by atoms with E-state index in [1.807, 2.05) is 6.92 Å². The molecular weight excluding hydrogens is 322 g/mol. The van der Waals surface area contributed by atoms with E-state index < -0.39 is 10.0 Å². The van der Waals surface area contributed by atoms with Crippen LogP contribution in [0.3, 0.4) is 0 Å². The molecule has 3 rings (SSSR count). The van der Waals surface area contributed by atoms with Gasteiger partial charge >= 0.3 is 0 Å². The normalized spacial score (nSPS) is 17.9. The van der Waals surface area contributed by atoms with Gasteiger partial charge in [-0.15, -0.1) is 21.5 Å². The lowest BCUT2D eigenvalue weighted by Crippen LogP contribution is -2.37. The van der Waals surface area contributed by atoms with Crippen LogP contribution in [0.4, 0.5) is 0 Å². The molecule has 0 atom stereocenters. The van der Waals surface area contributed by atoms with E-state index in [2.05, 4.69) is 17.1 Å². The first-order chi connectivity index (χ1) is 10.5. The second-order valence-electron chi connectivity index (χ2n) is 5.60. The zero-order valence-electron chi connectivity index (χ0n) is 12.7. The van der Waals surface area contributed by atoms with Crippen LogP contribution >= 0.6 is 11.3 Å². The largest absolute Gasteiger partial charge is 0.421 e. The number of aromatic nitrogens is 2. The minimum absolute atomic E-state index is 0.341. The Labute approximate surface area is 134 Å². The monoisotopic (exact) mass is 341 g/mol. The molecule has 0 amide bonds. The lowest BCUT2D eigenvalue weighted by Gasteiger charge is -2.28. The van der Waals surface area contributed by atoms with Gasteiger partial charge in [0.15, 0.2) is 0 Å². The topological polar surface area (TPSA) is 76.3 Å². The molecule has 1 saturated heterocycles. The van der Waals surface area contributed by atoms with E-state index in [0.717, 1.165) is 12.8 Å². The summed E-state index contributed by atoms with van der Waals surface area (Å²) in [5, 5.41) is 9.62. The SMILES string of the molecule is CCc1nnc(-c2csc(S(=O)(=O)N3CCC(C)CC3)c2)o1. The van der Waals surface area contributed by atoms with Crippen LogP contribution in [0, 0.1) is 5.92 Å². The Hall–Kier alpha value is -1.25. The lowest BCUT2D eigenvalue weighted by molar-refractivity contribution is 0.288. The number of piperidine rings is 1. The molecule has 1 aliphatic rings. The number of hydrogen-bond acceptors (Lipinski definition) is 6. The van der Waals surface area contributed by atoms with Crippen molar-refractivity contribution >= 4 is 21.4 Å². The quantitative estimate of drug-likeness (QED) is 0.854. The molecule has 6 nitrogen and oxygen atoms in total. The lowest BCUT2D eigenvalue weighted by atomic mass is 10.0. The van der Waals surface area contributed by atoms with Crippen LogP contribution in [0.15, 0.2) is 20.1 Å². The van der Waals surface area contributed by atoms with Crippen molar-refractivity contribution in [2.75, 3.05) is 13.1 Å². The molecule has 120 valence electrons. The Morgan fingerprint density at radius 2 is 2.09 bits per heavy atom. The van der Waals surface area contributed by atoms with Crippen molar-refractivity contribution in [3.63, 3.8) is 0 Å². The van der Waals surface area contributed by atoms with Gasteiger partial charge in [-0.05, 0) is 24.8 Å². The van der Waals surface area contributed by atoms with Crippen LogP contribution in [0.2, 0.25) is 0 Å². The smallest absolute Gasteiger partial charge is 0.252 e. The molecule has 0 aromatic carbocycles. The summed E-state index contributed by atoms with van der Waals surface area (Å²) >= 11 is 1.21. The number of thiophene rings is 1. The van der Waals surface area contributed by atoms with E-state index in [1.165, 1.54) is 11.3 Å².